The number of nitrogens with zero attached hydrogens (tertiary/aromatic N) is 2. The molecule has 3 rings (SSSR count). The normalized spacial score (nSPS) is 24.8. The van der Waals surface area contributed by atoms with Gasteiger partial charge in [-0.2, -0.15) is 4.31 Å². The number of fused-ring (bicyclic) bond motifs is 1. The van der Waals surface area contributed by atoms with Gasteiger partial charge in [0.2, 0.25) is 10.0 Å². The SMILES string of the molecule is O=S(=O)(c1cc(Br)ccc1Br)N1CCN2CCCC2C1. The molecule has 0 aliphatic carbocycles. The van der Waals surface area contributed by atoms with Crippen LogP contribution in [0.1, 0.15) is 12.8 Å². The summed E-state index contributed by atoms with van der Waals surface area (Å²) < 4.78 is 28.6. The van der Waals surface area contributed by atoms with Gasteiger partial charge in [0.05, 0.1) is 4.90 Å². The maximum Gasteiger partial charge on any atom is 0.244 e. The Kier molecular flexibility index (Phi) is 4.25. The lowest BCUT2D eigenvalue weighted by atomic mass is 10.2. The molecule has 0 N–H and O–H groups in total. The topological polar surface area (TPSA) is 40.6 Å². The summed E-state index contributed by atoms with van der Waals surface area (Å²) in [5.74, 6) is 0. The van der Waals surface area contributed by atoms with Crippen LogP contribution < -0.4 is 0 Å². The van der Waals surface area contributed by atoms with Crippen LogP contribution in [0.5, 0.6) is 0 Å². The standard InChI is InChI=1S/C13H16Br2N2O2S/c14-10-3-4-12(15)13(8-10)20(18,19)17-7-6-16-5-1-2-11(16)9-17/h3-4,8,11H,1-2,5-7,9H2. The minimum atomic E-state index is -3.42. The van der Waals surface area contributed by atoms with Gasteiger partial charge in [0, 0.05) is 34.6 Å². The second kappa shape index (κ2) is 5.68. The van der Waals surface area contributed by atoms with E-state index in [1.54, 1.807) is 16.4 Å². The summed E-state index contributed by atoms with van der Waals surface area (Å²) in [5, 5.41) is 0. The monoisotopic (exact) mass is 422 g/mol. The van der Waals surface area contributed by atoms with Crippen molar-refractivity contribution in [2.24, 2.45) is 0 Å². The van der Waals surface area contributed by atoms with Crippen molar-refractivity contribution in [2.75, 3.05) is 26.2 Å². The second-order valence-electron chi connectivity index (χ2n) is 5.27. The molecule has 1 atom stereocenters. The molecule has 2 aliphatic heterocycles. The number of benzene rings is 1. The summed E-state index contributed by atoms with van der Waals surface area (Å²) in [6, 6.07) is 5.66. The molecule has 0 radical (unpaired) electrons. The number of halogens is 2. The smallest absolute Gasteiger partial charge is 0.244 e. The zero-order valence-corrected chi connectivity index (χ0v) is 14.9. The Morgan fingerprint density at radius 3 is 2.75 bits per heavy atom. The summed E-state index contributed by atoms with van der Waals surface area (Å²) in [4.78, 5) is 2.75. The Labute approximate surface area is 136 Å². The van der Waals surface area contributed by atoms with Crippen molar-refractivity contribution in [3.8, 4) is 0 Å². The average Bonchev–Trinajstić information content (AvgIpc) is 2.88. The molecule has 1 unspecified atom stereocenters. The zero-order chi connectivity index (χ0) is 14.3. The average molecular weight is 424 g/mol. The molecule has 20 heavy (non-hydrogen) atoms. The summed E-state index contributed by atoms with van der Waals surface area (Å²) in [7, 11) is -3.42. The highest BCUT2D eigenvalue weighted by Crippen LogP contribution is 2.31. The number of hydrogen-bond donors (Lipinski definition) is 0. The molecule has 0 aromatic heterocycles. The van der Waals surface area contributed by atoms with Gasteiger partial charge in [-0.15, -0.1) is 0 Å². The quantitative estimate of drug-likeness (QED) is 0.734. The molecule has 1 aromatic carbocycles. The molecule has 4 nitrogen and oxygen atoms in total. The van der Waals surface area contributed by atoms with Crippen LogP contribution in [0.2, 0.25) is 0 Å². The van der Waals surface area contributed by atoms with E-state index < -0.39 is 10.0 Å². The molecule has 2 fully saturated rings. The third-order valence-corrected chi connectivity index (χ3v) is 7.41. The molecule has 0 bridgehead atoms. The Bertz CT molecular complexity index is 621. The van der Waals surface area contributed by atoms with Crippen molar-refractivity contribution in [1.82, 2.24) is 9.21 Å². The van der Waals surface area contributed by atoms with Gasteiger partial charge in [0.15, 0.2) is 0 Å². The predicted octanol–water partition coefficient (Wildman–Crippen LogP) is 2.68. The van der Waals surface area contributed by atoms with Crippen molar-refractivity contribution < 1.29 is 8.42 Å². The van der Waals surface area contributed by atoms with Crippen LogP contribution in [0.15, 0.2) is 32.0 Å². The van der Waals surface area contributed by atoms with Gasteiger partial charge < -0.3 is 0 Å². The lowest BCUT2D eigenvalue weighted by Gasteiger charge is -2.36. The third kappa shape index (κ3) is 2.70. The van der Waals surface area contributed by atoms with E-state index in [0.29, 0.717) is 28.5 Å². The fourth-order valence-electron chi connectivity index (χ4n) is 2.99. The molecule has 0 spiro atoms. The highest BCUT2D eigenvalue weighted by atomic mass is 79.9. The van der Waals surface area contributed by atoms with Gasteiger partial charge in [-0.1, -0.05) is 15.9 Å². The zero-order valence-electron chi connectivity index (χ0n) is 10.9. The van der Waals surface area contributed by atoms with Crippen LogP contribution in [-0.4, -0.2) is 49.8 Å². The van der Waals surface area contributed by atoms with E-state index in [-0.39, 0.29) is 0 Å². The van der Waals surface area contributed by atoms with E-state index >= 15 is 0 Å². The molecule has 0 saturated carbocycles. The van der Waals surface area contributed by atoms with Gasteiger partial charge >= 0.3 is 0 Å². The molecule has 0 amide bonds. The van der Waals surface area contributed by atoms with E-state index in [0.717, 1.165) is 24.0 Å². The van der Waals surface area contributed by atoms with Gasteiger partial charge in [-0.05, 0) is 53.5 Å². The van der Waals surface area contributed by atoms with E-state index in [2.05, 4.69) is 36.8 Å². The molecule has 110 valence electrons. The predicted molar refractivity (Wildman–Crippen MR) is 85.2 cm³/mol. The summed E-state index contributed by atoms with van der Waals surface area (Å²) in [6.45, 7) is 3.15. The highest BCUT2D eigenvalue weighted by molar-refractivity contribution is 9.11. The Morgan fingerprint density at radius 2 is 1.95 bits per heavy atom. The van der Waals surface area contributed by atoms with Crippen molar-refractivity contribution in [3.05, 3.63) is 27.1 Å². The van der Waals surface area contributed by atoms with Crippen molar-refractivity contribution in [2.45, 2.75) is 23.8 Å². The summed E-state index contributed by atoms with van der Waals surface area (Å²) in [6.07, 6.45) is 2.28. The number of sulfonamides is 1. The Balaban J connectivity index is 1.90. The van der Waals surface area contributed by atoms with Crippen LogP contribution in [0.3, 0.4) is 0 Å². The summed E-state index contributed by atoms with van der Waals surface area (Å²) in [5.41, 5.74) is 0. The maximum absolute atomic E-state index is 12.8. The molecule has 2 aliphatic rings. The fraction of sp³-hybridized carbons (Fsp3) is 0.538. The lowest BCUT2D eigenvalue weighted by Crippen LogP contribution is -2.51. The molecule has 7 heteroatoms. The lowest BCUT2D eigenvalue weighted by molar-refractivity contribution is 0.158. The van der Waals surface area contributed by atoms with Gasteiger partial charge in [-0.3, -0.25) is 4.90 Å². The minimum Gasteiger partial charge on any atom is -0.298 e. The third-order valence-electron chi connectivity index (χ3n) is 4.06. The van der Waals surface area contributed by atoms with Crippen molar-refractivity contribution >= 4 is 41.9 Å². The maximum atomic E-state index is 12.8. The van der Waals surface area contributed by atoms with Crippen molar-refractivity contribution in [3.63, 3.8) is 0 Å². The number of hydrogen-bond acceptors (Lipinski definition) is 3. The Hall–Kier alpha value is 0.0500. The van der Waals surface area contributed by atoms with Gasteiger partial charge in [0.25, 0.3) is 0 Å². The highest BCUT2D eigenvalue weighted by Gasteiger charge is 2.36. The first kappa shape index (κ1) is 15.0. The van der Waals surface area contributed by atoms with E-state index in [1.165, 1.54) is 6.42 Å². The first-order valence-electron chi connectivity index (χ1n) is 6.68. The first-order valence-corrected chi connectivity index (χ1v) is 9.70. The molecule has 2 heterocycles. The molecular weight excluding hydrogens is 408 g/mol. The van der Waals surface area contributed by atoms with E-state index in [4.69, 9.17) is 0 Å². The molecule has 1 aromatic rings. The van der Waals surface area contributed by atoms with Gasteiger partial charge in [0.1, 0.15) is 0 Å². The molecule has 2 saturated heterocycles. The number of piperazine rings is 1. The minimum absolute atomic E-state index is 0.346. The first-order chi connectivity index (χ1) is 9.48. The van der Waals surface area contributed by atoms with Crippen LogP contribution in [-0.2, 0) is 10.0 Å². The Morgan fingerprint density at radius 1 is 1.15 bits per heavy atom. The van der Waals surface area contributed by atoms with Crippen LogP contribution in [0.25, 0.3) is 0 Å². The summed E-state index contributed by atoms with van der Waals surface area (Å²) >= 11 is 6.70. The van der Waals surface area contributed by atoms with Crippen LogP contribution in [0, 0.1) is 0 Å². The van der Waals surface area contributed by atoms with Crippen LogP contribution >= 0.6 is 31.9 Å². The van der Waals surface area contributed by atoms with Crippen LogP contribution in [0.4, 0.5) is 0 Å². The van der Waals surface area contributed by atoms with E-state index in [1.807, 2.05) is 6.07 Å². The second-order valence-corrected chi connectivity index (χ2v) is 8.95. The molecular formula is C13H16Br2N2O2S. The van der Waals surface area contributed by atoms with Crippen molar-refractivity contribution in [1.29, 1.82) is 0 Å². The largest absolute Gasteiger partial charge is 0.298 e. The van der Waals surface area contributed by atoms with E-state index in [9.17, 15) is 8.42 Å². The van der Waals surface area contributed by atoms with Gasteiger partial charge in [-0.25, -0.2) is 8.42 Å². The number of rotatable bonds is 2. The fourth-order valence-corrected chi connectivity index (χ4v) is 5.93.